The van der Waals surface area contributed by atoms with Crippen molar-refractivity contribution >= 4 is 23.0 Å². The predicted molar refractivity (Wildman–Crippen MR) is 146 cm³/mol. The zero-order valence-corrected chi connectivity index (χ0v) is 22.3. The van der Waals surface area contributed by atoms with Crippen molar-refractivity contribution in [2.75, 3.05) is 42.8 Å². The molecule has 1 saturated heterocycles. The fourth-order valence-electron chi connectivity index (χ4n) is 4.37. The number of likely N-dealkylation sites (N-methyl/N-ethyl adjacent to an activating group) is 1. The molecule has 3 heterocycles. The Morgan fingerprint density at radius 1 is 0.973 bits per heavy atom. The number of anilines is 2. The van der Waals surface area contributed by atoms with E-state index in [2.05, 4.69) is 49.6 Å². The first-order valence-corrected chi connectivity index (χ1v) is 13.4. The number of hydrogen-bond acceptors (Lipinski definition) is 8. The van der Waals surface area contributed by atoms with E-state index in [1.807, 2.05) is 49.4 Å². The van der Waals surface area contributed by atoms with Crippen LogP contribution in [-0.4, -0.2) is 62.4 Å². The van der Waals surface area contributed by atoms with Gasteiger partial charge in [-0.3, -0.25) is 4.68 Å². The molecule has 9 nitrogen and oxygen atoms in total. The first-order valence-electron chi connectivity index (χ1n) is 12.2. The van der Waals surface area contributed by atoms with Gasteiger partial charge in [0.2, 0.25) is 10.8 Å². The van der Waals surface area contributed by atoms with Gasteiger partial charge in [0.1, 0.15) is 23.3 Å². The van der Waals surface area contributed by atoms with Gasteiger partial charge >= 0.3 is 0 Å². The lowest BCUT2D eigenvalue weighted by Gasteiger charge is -2.35. The fourth-order valence-corrected chi connectivity index (χ4v) is 5.14. The van der Waals surface area contributed by atoms with Gasteiger partial charge in [0.25, 0.3) is 5.95 Å². The summed E-state index contributed by atoms with van der Waals surface area (Å²) in [6.45, 7) is 8.10. The highest BCUT2D eigenvalue weighted by Crippen LogP contribution is 2.34. The molecule has 2 aromatic carbocycles. The number of rotatable bonds is 7. The van der Waals surface area contributed by atoms with Crippen molar-refractivity contribution in [1.29, 1.82) is 0 Å². The van der Waals surface area contributed by atoms with Gasteiger partial charge < -0.3 is 19.1 Å². The Labute approximate surface area is 220 Å². The van der Waals surface area contributed by atoms with Gasteiger partial charge in [-0.05, 0) is 38.6 Å². The highest BCUT2D eigenvalue weighted by atomic mass is 32.2. The Hall–Kier alpha value is -3.60. The maximum Gasteiger partial charge on any atom is 0.269 e. The summed E-state index contributed by atoms with van der Waals surface area (Å²) in [5, 5.41) is 4.10. The molecule has 1 aliphatic heterocycles. The Morgan fingerprint density at radius 2 is 1.76 bits per heavy atom. The largest absolute Gasteiger partial charge is 0.588 e. The van der Waals surface area contributed by atoms with Crippen molar-refractivity contribution in [1.82, 2.24) is 24.6 Å². The number of piperazine rings is 1. The summed E-state index contributed by atoms with van der Waals surface area (Å²) in [5.41, 5.74) is 4.92. The summed E-state index contributed by atoms with van der Waals surface area (Å²) in [4.78, 5) is 14.5. The number of hydrogen-bond donors (Lipinski definition) is 1. The van der Waals surface area contributed by atoms with Gasteiger partial charge in [0, 0.05) is 56.1 Å². The lowest BCUT2D eigenvalue weighted by atomic mass is 10.1. The third-order valence-electron chi connectivity index (χ3n) is 6.52. The molecule has 1 atom stereocenters. The molecule has 0 aliphatic carbocycles. The minimum atomic E-state index is -1.58. The van der Waals surface area contributed by atoms with Gasteiger partial charge in [-0.15, -0.1) is 0 Å². The molecule has 1 unspecified atom stereocenters. The highest BCUT2D eigenvalue weighted by Gasteiger charge is 2.20. The summed E-state index contributed by atoms with van der Waals surface area (Å²) in [6, 6.07) is 15.9. The van der Waals surface area contributed by atoms with E-state index < -0.39 is 11.4 Å². The lowest BCUT2D eigenvalue weighted by molar-refractivity contribution is 0.312. The van der Waals surface area contributed by atoms with Crippen molar-refractivity contribution in [3.63, 3.8) is 0 Å². The normalized spacial score (nSPS) is 15.0. The van der Waals surface area contributed by atoms with Gasteiger partial charge in [0.15, 0.2) is 0 Å². The molecule has 0 amide bonds. The third kappa shape index (κ3) is 5.71. The second kappa shape index (κ2) is 10.8. The maximum atomic E-state index is 12.9. The smallest absolute Gasteiger partial charge is 0.269 e. The van der Waals surface area contributed by atoms with Crippen molar-refractivity contribution < 1.29 is 9.29 Å². The molecule has 10 heteroatoms. The van der Waals surface area contributed by atoms with Crippen LogP contribution in [0.25, 0.3) is 11.3 Å². The second-order valence-corrected chi connectivity index (χ2v) is 10.5. The predicted octanol–water partition coefficient (Wildman–Crippen LogP) is 4.17. The zero-order chi connectivity index (χ0) is 25.9. The van der Waals surface area contributed by atoms with Crippen LogP contribution in [0, 0.1) is 13.8 Å². The van der Waals surface area contributed by atoms with Crippen LogP contribution in [0.1, 0.15) is 11.1 Å². The third-order valence-corrected chi connectivity index (χ3v) is 7.52. The first-order chi connectivity index (χ1) is 17.9. The van der Waals surface area contributed by atoms with E-state index in [0.29, 0.717) is 16.5 Å². The molecular formula is C27H31N7O2S. The van der Waals surface area contributed by atoms with Crippen LogP contribution in [0.3, 0.4) is 0 Å². The van der Waals surface area contributed by atoms with E-state index in [4.69, 9.17) is 4.74 Å². The molecule has 1 aliphatic rings. The number of ether oxygens (including phenoxy) is 1. The van der Waals surface area contributed by atoms with E-state index in [9.17, 15) is 4.55 Å². The Kier molecular flexibility index (Phi) is 7.31. The van der Waals surface area contributed by atoms with Crippen LogP contribution >= 0.6 is 0 Å². The van der Waals surface area contributed by atoms with Crippen molar-refractivity contribution in [2.45, 2.75) is 18.7 Å². The van der Waals surface area contributed by atoms with Crippen LogP contribution in [0.4, 0.5) is 11.6 Å². The van der Waals surface area contributed by atoms with E-state index in [-0.39, 0.29) is 5.95 Å². The monoisotopic (exact) mass is 517 g/mol. The van der Waals surface area contributed by atoms with Crippen LogP contribution in [-0.2, 0) is 18.4 Å². The average Bonchev–Trinajstić information content (AvgIpc) is 3.33. The number of aromatic nitrogens is 4. The van der Waals surface area contributed by atoms with Crippen molar-refractivity contribution in [3.05, 3.63) is 72.1 Å². The first kappa shape index (κ1) is 25.1. The Morgan fingerprint density at radius 3 is 2.49 bits per heavy atom. The average molecular weight is 518 g/mol. The number of aryl methyl sites for hydroxylation is 2. The molecular weight excluding hydrogens is 486 g/mol. The van der Waals surface area contributed by atoms with Crippen molar-refractivity contribution in [2.24, 2.45) is 7.05 Å². The van der Waals surface area contributed by atoms with Gasteiger partial charge in [-0.25, -0.2) is 4.98 Å². The second-order valence-electron chi connectivity index (χ2n) is 9.24. The van der Waals surface area contributed by atoms with Gasteiger partial charge in [-0.1, -0.05) is 30.3 Å². The SMILES string of the molecule is Cc1ccccc1-c1cc(Oc2cccc(N3CCN(C)CC3)c2C)nc(N[S+]([O-])c2cnn(C)c2)n1. The quantitative estimate of drug-likeness (QED) is 0.365. The maximum absolute atomic E-state index is 12.9. The minimum Gasteiger partial charge on any atom is -0.588 e. The molecule has 2 aromatic heterocycles. The van der Waals surface area contributed by atoms with E-state index >= 15 is 0 Å². The summed E-state index contributed by atoms with van der Waals surface area (Å²) in [6.07, 6.45) is 3.25. The van der Waals surface area contributed by atoms with Crippen molar-refractivity contribution in [3.8, 4) is 22.9 Å². The molecule has 0 bridgehead atoms. The topological polar surface area (TPSA) is 94.4 Å². The highest BCUT2D eigenvalue weighted by molar-refractivity contribution is 7.92. The van der Waals surface area contributed by atoms with Crippen LogP contribution in [0.15, 0.2) is 65.8 Å². The van der Waals surface area contributed by atoms with E-state index in [0.717, 1.165) is 54.3 Å². The zero-order valence-electron chi connectivity index (χ0n) is 21.5. The van der Waals surface area contributed by atoms with Crippen LogP contribution in [0.5, 0.6) is 11.6 Å². The summed E-state index contributed by atoms with van der Waals surface area (Å²) in [5.74, 6) is 1.31. The van der Waals surface area contributed by atoms with Crippen LogP contribution in [0.2, 0.25) is 0 Å². The van der Waals surface area contributed by atoms with E-state index in [1.165, 1.54) is 0 Å². The summed E-state index contributed by atoms with van der Waals surface area (Å²) < 4.78 is 23.8. The minimum absolute atomic E-state index is 0.214. The fraction of sp³-hybridized carbons (Fsp3) is 0.296. The van der Waals surface area contributed by atoms with E-state index in [1.54, 1.807) is 24.1 Å². The standard InChI is InChI=1S/C27H31N7O2S/c1-19-8-5-6-9-22(19)23-16-26(30-27(29-23)31-37(35)21-17-28-33(4)18-21)36-25-11-7-10-24(20(25)2)34-14-12-32(3)13-15-34/h5-11,16-18H,12-15H2,1-4H3,(H,29,30,31). The molecule has 1 N–H and O–H groups in total. The Bertz CT molecular complexity index is 1380. The summed E-state index contributed by atoms with van der Waals surface area (Å²) in [7, 11) is 3.93. The van der Waals surface area contributed by atoms with Crippen LogP contribution < -0.4 is 14.4 Å². The Balaban J connectivity index is 1.48. The molecule has 0 radical (unpaired) electrons. The van der Waals surface area contributed by atoms with Gasteiger partial charge in [0.05, 0.1) is 11.9 Å². The number of nitrogens with one attached hydrogen (secondary N) is 1. The molecule has 0 spiro atoms. The molecule has 192 valence electrons. The summed E-state index contributed by atoms with van der Waals surface area (Å²) >= 11 is -1.58. The molecule has 0 saturated carbocycles. The molecule has 37 heavy (non-hydrogen) atoms. The molecule has 5 rings (SSSR count). The molecule has 1 fully saturated rings. The van der Waals surface area contributed by atoms with Gasteiger partial charge in [-0.2, -0.15) is 14.8 Å². The number of benzene rings is 2. The number of nitrogens with zero attached hydrogens (tertiary/aromatic N) is 6. The lowest BCUT2D eigenvalue weighted by Crippen LogP contribution is -2.44. The molecule has 4 aromatic rings.